The molecule has 0 unspecified atom stereocenters. The van der Waals surface area contributed by atoms with E-state index in [0.29, 0.717) is 54.4 Å². The van der Waals surface area contributed by atoms with Gasteiger partial charge in [0.05, 0.1) is 30.4 Å². The van der Waals surface area contributed by atoms with Crippen LogP contribution in [0.15, 0.2) is 60.0 Å². The molecule has 2 aliphatic rings. The van der Waals surface area contributed by atoms with Crippen molar-refractivity contribution in [2.75, 3.05) is 26.3 Å². The van der Waals surface area contributed by atoms with Gasteiger partial charge in [0.1, 0.15) is 23.2 Å². The molecule has 0 spiro atoms. The summed E-state index contributed by atoms with van der Waals surface area (Å²) in [6.45, 7) is 1.83. The fraction of sp³-hybridized carbons (Fsp3) is 0.208. The molecule has 34 heavy (non-hydrogen) atoms. The van der Waals surface area contributed by atoms with Gasteiger partial charge in [0.25, 0.3) is 0 Å². The number of carbonyl (C=O) groups excluding carboxylic acids is 1. The lowest BCUT2D eigenvalue weighted by atomic mass is 9.83. The van der Waals surface area contributed by atoms with E-state index >= 15 is 0 Å². The predicted molar refractivity (Wildman–Crippen MR) is 118 cm³/mol. The molecular formula is C24H20FN5O4. The number of nitrogens with one attached hydrogen (secondary N) is 1. The topological polar surface area (TPSA) is 126 Å². The molecule has 1 amide bonds. The molecule has 9 nitrogen and oxygen atoms in total. The number of benzene rings is 2. The van der Waals surface area contributed by atoms with Crippen LogP contribution >= 0.6 is 0 Å². The van der Waals surface area contributed by atoms with E-state index in [2.05, 4.69) is 16.3 Å². The van der Waals surface area contributed by atoms with Crippen LogP contribution in [0.5, 0.6) is 11.6 Å². The van der Waals surface area contributed by atoms with Gasteiger partial charge < -0.3 is 24.8 Å². The van der Waals surface area contributed by atoms with Crippen molar-refractivity contribution in [1.82, 2.24) is 15.1 Å². The summed E-state index contributed by atoms with van der Waals surface area (Å²) < 4.78 is 29.9. The van der Waals surface area contributed by atoms with E-state index in [-0.39, 0.29) is 23.2 Å². The van der Waals surface area contributed by atoms with Crippen LogP contribution in [0.1, 0.15) is 17.0 Å². The number of hydrogen-bond acceptors (Lipinski definition) is 7. The number of allylic oxidation sites excluding steroid dienone is 1. The van der Waals surface area contributed by atoms with Crippen molar-refractivity contribution in [2.24, 2.45) is 5.73 Å². The first-order chi connectivity index (χ1) is 16.5. The summed E-state index contributed by atoms with van der Waals surface area (Å²) in [5.41, 5.74) is 8.69. The standard InChI is InChI=1S/C24H20FN5O4/c25-16-6-4-14(5-7-16)21-20-19(18(13-26)22(27)34-23(20)29-28-21)15-2-1-3-17(12-15)33-24(31)30-8-10-32-11-9-30/h1-7,12,19H,8-11,27H2,(H,28,29)/t19-/m1/s1. The molecule has 1 atom stereocenters. The first-order valence-corrected chi connectivity index (χ1v) is 10.6. The summed E-state index contributed by atoms with van der Waals surface area (Å²) in [5, 5.41) is 17.0. The number of nitrogens with zero attached hydrogens (tertiary/aromatic N) is 3. The Balaban J connectivity index is 1.54. The highest BCUT2D eigenvalue weighted by atomic mass is 19.1. The molecule has 172 valence electrons. The van der Waals surface area contributed by atoms with Crippen molar-refractivity contribution in [3.05, 3.63) is 76.9 Å². The van der Waals surface area contributed by atoms with Gasteiger partial charge >= 0.3 is 6.09 Å². The second kappa shape index (κ2) is 8.88. The molecule has 10 heteroatoms. The normalized spacial score (nSPS) is 17.5. The lowest BCUT2D eigenvalue weighted by molar-refractivity contribution is 0.0416. The lowest BCUT2D eigenvalue weighted by Gasteiger charge is -2.26. The van der Waals surface area contributed by atoms with Gasteiger partial charge in [-0.25, -0.2) is 9.18 Å². The van der Waals surface area contributed by atoms with Gasteiger partial charge in [0.15, 0.2) is 0 Å². The summed E-state index contributed by atoms with van der Waals surface area (Å²) in [5.74, 6) is -0.537. The van der Waals surface area contributed by atoms with E-state index in [9.17, 15) is 14.4 Å². The summed E-state index contributed by atoms with van der Waals surface area (Å²) in [6.07, 6.45) is -0.473. The van der Waals surface area contributed by atoms with Crippen LogP contribution in [0.2, 0.25) is 0 Å². The number of halogens is 1. The van der Waals surface area contributed by atoms with E-state index in [1.807, 2.05) is 0 Å². The van der Waals surface area contributed by atoms with E-state index < -0.39 is 12.0 Å². The monoisotopic (exact) mass is 461 g/mol. The Hall–Kier alpha value is -4.36. The van der Waals surface area contributed by atoms with Gasteiger partial charge in [-0.3, -0.25) is 5.10 Å². The third kappa shape index (κ3) is 3.93. The van der Waals surface area contributed by atoms with Crippen LogP contribution in [-0.4, -0.2) is 47.5 Å². The largest absolute Gasteiger partial charge is 0.420 e. The van der Waals surface area contributed by atoms with Crippen molar-refractivity contribution in [3.63, 3.8) is 0 Å². The van der Waals surface area contributed by atoms with Crippen molar-refractivity contribution in [2.45, 2.75) is 5.92 Å². The number of aromatic nitrogens is 2. The number of hydrogen-bond donors (Lipinski definition) is 2. The molecule has 5 rings (SSSR count). The Bertz CT molecular complexity index is 1310. The molecule has 1 fully saturated rings. The molecule has 1 saturated heterocycles. The second-order valence-electron chi connectivity index (χ2n) is 7.79. The zero-order valence-electron chi connectivity index (χ0n) is 18.0. The van der Waals surface area contributed by atoms with Crippen molar-refractivity contribution < 1.29 is 23.4 Å². The molecule has 0 radical (unpaired) electrons. The van der Waals surface area contributed by atoms with E-state index in [4.69, 9.17) is 19.9 Å². The molecular weight excluding hydrogens is 441 g/mol. The number of amides is 1. The van der Waals surface area contributed by atoms with Gasteiger partial charge in [-0.1, -0.05) is 12.1 Å². The number of rotatable bonds is 3. The molecule has 3 heterocycles. The maximum absolute atomic E-state index is 13.5. The summed E-state index contributed by atoms with van der Waals surface area (Å²) in [7, 11) is 0. The summed E-state index contributed by atoms with van der Waals surface area (Å²) >= 11 is 0. The minimum atomic E-state index is -0.644. The van der Waals surface area contributed by atoms with E-state index in [1.165, 1.54) is 12.1 Å². The zero-order chi connectivity index (χ0) is 23.7. The minimum absolute atomic E-state index is 0.0622. The maximum Gasteiger partial charge on any atom is 0.415 e. The Morgan fingerprint density at radius 1 is 1.24 bits per heavy atom. The van der Waals surface area contributed by atoms with Gasteiger partial charge in [0, 0.05) is 18.7 Å². The Kier molecular flexibility index (Phi) is 5.61. The molecule has 2 aromatic carbocycles. The number of H-pyrrole nitrogens is 1. The molecule has 0 aliphatic carbocycles. The van der Waals surface area contributed by atoms with Crippen molar-refractivity contribution in [1.29, 1.82) is 5.26 Å². The van der Waals surface area contributed by atoms with Gasteiger partial charge in [-0.2, -0.15) is 5.26 Å². The average molecular weight is 461 g/mol. The summed E-state index contributed by atoms with van der Waals surface area (Å²) in [6, 6.07) is 14.9. The van der Waals surface area contributed by atoms with Gasteiger partial charge in [-0.15, -0.1) is 5.10 Å². The quantitative estimate of drug-likeness (QED) is 0.613. The van der Waals surface area contributed by atoms with Crippen LogP contribution in [0.3, 0.4) is 0 Å². The predicted octanol–water partition coefficient (Wildman–Crippen LogP) is 3.26. The molecule has 0 bridgehead atoms. The number of nitrogens with two attached hydrogens (primary N) is 1. The number of ether oxygens (including phenoxy) is 3. The third-order valence-corrected chi connectivity index (χ3v) is 5.74. The fourth-order valence-corrected chi connectivity index (χ4v) is 4.08. The lowest BCUT2D eigenvalue weighted by Crippen LogP contribution is -2.42. The number of aromatic amines is 1. The Morgan fingerprint density at radius 3 is 2.74 bits per heavy atom. The number of nitriles is 1. The molecule has 1 aromatic heterocycles. The van der Waals surface area contributed by atoms with Crippen LogP contribution in [0.4, 0.5) is 9.18 Å². The first kappa shape index (κ1) is 21.5. The van der Waals surface area contributed by atoms with Crippen molar-refractivity contribution >= 4 is 6.09 Å². The average Bonchev–Trinajstić information content (AvgIpc) is 3.27. The highest BCUT2D eigenvalue weighted by Gasteiger charge is 2.36. The third-order valence-electron chi connectivity index (χ3n) is 5.74. The fourth-order valence-electron chi connectivity index (χ4n) is 4.08. The number of carbonyl (C=O) groups is 1. The molecule has 3 N–H and O–H groups in total. The van der Waals surface area contributed by atoms with Crippen LogP contribution in [-0.2, 0) is 4.74 Å². The number of morpholine rings is 1. The zero-order valence-corrected chi connectivity index (χ0v) is 18.0. The highest BCUT2D eigenvalue weighted by Crippen LogP contribution is 2.46. The first-order valence-electron chi connectivity index (χ1n) is 10.6. The second-order valence-corrected chi connectivity index (χ2v) is 7.79. The van der Waals surface area contributed by atoms with E-state index in [0.717, 1.165) is 0 Å². The molecule has 2 aliphatic heterocycles. The molecule has 0 saturated carbocycles. The summed E-state index contributed by atoms with van der Waals surface area (Å²) in [4.78, 5) is 14.1. The van der Waals surface area contributed by atoms with Gasteiger partial charge in [-0.05, 0) is 42.0 Å². The number of fused-ring (bicyclic) bond motifs is 1. The van der Waals surface area contributed by atoms with Crippen LogP contribution < -0.4 is 15.2 Å². The Morgan fingerprint density at radius 2 is 2.00 bits per heavy atom. The Labute approximate surface area is 194 Å². The molecule has 3 aromatic rings. The van der Waals surface area contributed by atoms with Crippen molar-refractivity contribution in [3.8, 4) is 29.0 Å². The maximum atomic E-state index is 13.5. The van der Waals surface area contributed by atoms with E-state index in [1.54, 1.807) is 41.3 Å². The van der Waals surface area contributed by atoms with Gasteiger partial charge in [0.2, 0.25) is 11.8 Å². The minimum Gasteiger partial charge on any atom is -0.420 e. The smallest absolute Gasteiger partial charge is 0.415 e. The SMILES string of the molecule is N#CC1=C(N)Oc2n[nH]c(-c3ccc(F)cc3)c2[C@@H]1c1cccc(OC(=O)N2CCOCC2)c1. The van der Waals surface area contributed by atoms with Crippen LogP contribution in [0, 0.1) is 17.1 Å². The van der Waals surface area contributed by atoms with Crippen LogP contribution in [0.25, 0.3) is 11.3 Å². The highest BCUT2D eigenvalue weighted by molar-refractivity contribution is 5.72.